The molecule has 2 aliphatic rings. The molecule has 4 nitrogen and oxygen atoms in total. The van der Waals surface area contributed by atoms with Crippen LogP contribution in [0.15, 0.2) is 0 Å². The smallest absolute Gasteiger partial charge is 0.223 e. The fourth-order valence-corrected chi connectivity index (χ4v) is 3.00. The van der Waals surface area contributed by atoms with Crippen molar-refractivity contribution in [3.8, 4) is 0 Å². The molecule has 4 heteroatoms. The van der Waals surface area contributed by atoms with Gasteiger partial charge in [-0.05, 0) is 52.5 Å². The van der Waals surface area contributed by atoms with Crippen LogP contribution < -0.4 is 10.6 Å². The van der Waals surface area contributed by atoms with Crippen LogP contribution in [0.4, 0.5) is 0 Å². The number of hydrogen-bond donors (Lipinski definition) is 2. The quantitative estimate of drug-likeness (QED) is 0.801. The molecule has 0 aromatic heterocycles. The molecule has 1 saturated heterocycles. The average molecular weight is 254 g/mol. The van der Waals surface area contributed by atoms with Crippen LogP contribution in [0.1, 0.15) is 52.4 Å². The molecule has 2 N–H and O–H groups in total. The lowest BCUT2D eigenvalue weighted by atomic mass is 9.70. The van der Waals surface area contributed by atoms with Gasteiger partial charge in [0.25, 0.3) is 0 Å². The normalized spacial score (nSPS) is 26.7. The summed E-state index contributed by atoms with van der Waals surface area (Å²) in [6, 6.07) is 0.340. The lowest BCUT2D eigenvalue weighted by molar-refractivity contribution is -0.127. The molecular formula is C14H26N2O2. The van der Waals surface area contributed by atoms with Gasteiger partial charge in [0.05, 0.1) is 12.0 Å². The number of piperidine rings is 1. The Labute approximate surface area is 110 Å². The van der Waals surface area contributed by atoms with E-state index in [0.29, 0.717) is 18.0 Å². The largest absolute Gasteiger partial charge is 0.378 e. The molecule has 0 radical (unpaired) electrons. The lowest BCUT2D eigenvalue weighted by Gasteiger charge is -2.48. The lowest BCUT2D eigenvalue weighted by Crippen LogP contribution is -2.59. The Kier molecular flexibility index (Phi) is 3.97. The van der Waals surface area contributed by atoms with Crippen molar-refractivity contribution in [1.29, 1.82) is 0 Å². The number of rotatable bonds is 4. The average Bonchev–Trinajstić information content (AvgIpc) is 2.26. The van der Waals surface area contributed by atoms with Crippen molar-refractivity contribution in [2.75, 3.05) is 13.7 Å². The summed E-state index contributed by atoms with van der Waals surface area (Å²) in [6.45, 7) is 4.92. The van der Waals surface area contributed by atoms with Crippen molar-refractivity contribution < 1.29 is 9.53 Å². The molecule has 18 heavy (non-hydrogen) atoms. The Morgan fingerprint density at radius 2 is 2.22 bits per heavy atom. The molecule has 2 rings (SSSR count). The standard InChI is InChI=1S/C14H26N2O2/c1-13(2,18-3)10-12(17)16-11-5-8-15-14(9-11)6-4-7-14/h11,15H,4-10H2,1-3H3,(H,16,17). The van der Waals surface area contributed by atoms with Crippen molar-refractivity contribution in [2.45, 2.75) is 69.6 Å². The first-order valence-electron chi connectivity index (χ1n) is 7.04. The summed E-state index contributed by atoms with van der Waals surface area (Å²) in [5.41, 5.74) is -0.0296. The Morgan fingerprint density at radius 1 is 1.50 bits per heavy atom. The van der Waals surface area contributed by atoms with Crippen LogP contribution >= 0.6 is 0 Å². The van der Waals surface area contributed by atoms with Crippen molar-refractivity contribution in [1.82, 2.24) is 10.6 Å². The van der Waals surface area contributed by atoms with Crippen LogP contribution in [0, 0.1) is 0 Å². The number of carbonyl (C=O) groups is 1. The van der Waals surface area contributed by atoms with E-state index >= 15 is 0 Å². The monoisotopic (exact) mass is 254 g/mol. The summed E-state index contributed by atoms with van der Waals surface area (Å²) in [6.07, 6.45) is 6.42. The molecule has 0 aromatic rings. The highest BCUT2D eigenvalue weighted by molar-refractivity contribution is 5.77. The van der Waals surface area contributed by atoms with Gasteiger partial charge in [0.2, 0.25) is 5.91 Å². The highest BCUT2D eigenvalue weighted by atomic mass is 16.5. The third kappa shape index (κ3) is 3.23. The molecule has 1 aliphatic heterocycles. The SMILES string of the molecule is COC(C)(C)CC(=O)NC1CCNC2(CCC2)C1. The van der Waals surface area contributed by atoms with Crippen molar-refractivity contribution in [3.05, 3.63) is 0 Å². The van der Waals surface area contributed by atoms with Gasteiger partial charge in [-0.15, -0.1) is 0 Å². The van der Waals surface area contributed by atoms with Gasteiger partial charge < -0.3 is 15.4 Å². The Hall–Kier alpha value is -0.610. The van der Waals surface area contributed by atoms with E-state index in [9.17, 15) is 4.79 Å². The minimum Gasteiger partial charge on any atom is -0.378 e. The summed E-state index contributed by atoms with van der Waals surface area (Å²) < 4.78 is 5.30. The second kappa shape index (κ2) is 5.17. The Morgan fingerprint density at radius 3 is 2.78 bits per heavy atom. The van der Waals surface area contributed by atoms with E-state index in [-0.39, 0.29) is 11.5 Å². The maximum atomic E-state index is 12.0. The summed E-state index contributed by atoms with van der Waals surface area (Å²) in [5, 5.41) is 6.79. The molecule has 104 valence electrons. The first-order valence-corrected chi connectivity index (χ1v) is 7.04. The van der Waals surface area contributed by atoms with Crippen molar-refractivity contribution in [3.63, 3.8) is 0 Å². The first-order chi connectivity index (χ1) is 8.45. The predicted molar refractivity (Wildman–Crippen MR) is 71.5 cm³/mol. The zero-order valence-corrected chi connectivity index (χ0v) is 11.8. The molecule has 0 bridgehead atoms. The molecule has 1 unspecified atom stereocenters. The third-order valence-electron chi connectivity index (χ3n) is 4.44. The molecule has 1 heterocycles. The molecule has 0 aromatic carbocycles. The molecular weight excluding hydrogens is 228 g/mol. The van der Waals surface area contributed by atoms with Crippen LogP contribution in [-0.2, 0) is 9.53 Å². The van der Waals surface area contributed by atoms with Crippen LogP contribution in [-0.4, -0.2) is 36.7 Å². The molecule has 2 fully saturated rings. The van der Waals surface area contributed by atoms with Gasteiger partial charge >= 0.3 is 0 Å². The highest BCUT2D eigenvalue weighted by Gasteiger charge is 2.41. The van der Waals surface area contributed by atoms with E-state index in [4.69, 9.17) is 4.74 Å². The maximum absolute atomic E-state index is 12.0. The number of ether oxygens (including phenoxy) is 1. The topological polar surface area (TPSA) is 50.4 Å². The number of methoxy groups -OCH3 is 1. The van der Waals surface area contributed by atoms with Gasteiger partial charge in [-0.2, -0.15) is 0 Å². The van der Waals surface area contributed by atoms with E-state index in [1.54, 1.807) is 7.11 Å². The second-order valence-corrected chi connectivity index (χ2v) is 6.46. The maximum Gasteiger partial charge on any atom is 0.223 e. The highest BCUT2D eigenvalue weighted by Crippen LogP contribution is 2.38. The van der Waals surface area contributed by atoms with E-state index in [1.807, 2.05) is 13.8 Å². The number of nitrogens with one attached hydrogen (secondary N) is 2. The molecule has 1 atom stereocenters. The zero-order chi connectivity index (χ0) is 13.2. The van der Waals surface area contributed by atoms with E-state index in [1.165, 1.54) is 19.3 Å². The second-order valence-electron chi connectivity index (χ2n) is 6.46. The molecule has 1 spiro atoms. The Bertz CT molecular complexity index is 311. The van der Waals surface area contributed by atoms with Crippen LogP contribution in [0.2, 0.25) is 0 Å². The van der Waals surface area contributed by atoms with Gasteiger partial charge in [0, 0.05) is 18.7 Å². The Balaban J connectivity index is 1.80. The summed E-state index contributed by atoms with van der Waals surface area (Å²) in [4.78, 5) is 12.0. The van der Waals surface area contributed by atoms with Crippen LogP contribution in [0.5, 0.6) is 0 Å². The van der Waals surface area contributed by atoms with Gasteiger partial charge in [-0.25, -0.2) is 0 Å². The van der Waals surface area contributed by atoms with E-state index in [2.05, 4.69) is 10.6 Å². The zero-order valence-electron chi connectivity index (χ0n) is 11.8. The first kappa shape index (κ1) is 13.8. The van der Waals surface area contributed by atoms with Gasteiger partial charge in [0.15, 0.2) is 0 Å². The van der Waals surface area contributed by atoms with Gasteiger partial charge in [-0.1, -0.05) is 0 Å². The van der Waals surface area contributed by atoms with E-state index < -0.39 is 0 Å². The molecule has 1 aliphatic carbocycles. The summed E-state index contributed by atoms with van der Waals surface area (Å²) >= 11 is 0. The molecule has 1 saturated carbocycles. The number of amides is 1. The fourth-order valence-electron chi connectivity index (χ4n) is 3.00. The number of hydrogen-bond acceptors (Lipinski definition) is 3. The van der Waals surface area contributed by atoms with Gasteiger partial charge in [0.1, 0.15) is 0 Å². The fraction of sp³-hybridized carbons (Fsp3) is 0.929. The minimum absolute atomic E-state index is 0.114. The van der Waals surface area contributed by atoms with Crippen LogP contribution in [0.3, 0.4) is 0 Å². The van der Waals surface area contributed by atoms with Gasteiger partial charge in [-0.3, -0.25) is 4.79 Å². The summed E-state index contributed by atoms with van der Waals surface area (Å²) in [7, 11) is 1.65. The molecule has 1 amide bonds. The predicted octanol–water partition coefficient (Wildman–Crippen LogP) is 1.59. The van der Waals surface area contributed by atoms with Crippen LogP contribution in [0.25, 0.3) is 0 Å². The number of carbonyl (C=O) groups excluding carboxylic acids is 1. The summed E-state index contributed by atoms with van der Waals surface area (Å²) in [5.74, 6) is 0.114. The minimum atomic E-state index is -0.370. The third-order valence-corrected chi connectivity index (χ3v) is 4.44. The van der Waals surface area contributed by atoms with E-state index in [0.717, 1.165) is 19.4 Å². The van der Waals surface area contributed by atoms with Crippen molar-refractivity contribution in [2.24, 2.45) is 0 Å². The van der Waals surface area contributed by atoms with Crippen molar-refractivity contribution >= 4 is 5.91 Å².